The molecule has 1 N–H and O–H groups in total. The minimum Gasteiger partial charge on any atom is -0.468 e. The normalized spacial score (nSPS) is 21.9. The summed E-state index contributed by atoms with van der Waals surface area (Å²) < 4.78 is 56.2. The zero-order valence-electron chi connectivity index (χ0n) is 16.9. The number of nitrogens with zero attached hydrogens (tertiary/aromatic N) is 2. The number of hydrogen-bond donors (Lipinski definition) is 1. The zero-order chi connectivity index (χ0) is 22.1. The van der Waals surface area contributed by atoms with Crippen LogP contribution in [-0.2, 0) is 26.4 Å². The van der Waals surface area contributed by atoms with Crippen molar-refractivity contribution in [2.75, 3.05) is 37.7 Å². The number of piperazine rings is 1. The number of rotatable bonds is 6. The maximum atomic E-state index is 12.9. The first-order valence-electron chi connectivity index (χ1n) is 10.1. The molecule has 9 nitrogen and oxygen atoms in total. The zero-order valence-corrected chi connectivity index (χ0v) is 18.6. The van der Waals surface area contributed by atoms with Crippen LogP contribution in [0.3, 0.4) is 0 Å². The molecule has 0 bridgehead atoms. The molecule has 31 heavy (non-hydrogen) atoms. The van der Waals surface area contributed by atoms with Crippen LogP contribution in [0.5, 0.6) is 0 Å². The molecule has 4 rings (SSSR count). The third kappa shape index (κ3) is 5.17. The highest BCUT2D eigenvalue weighted by molar-refractivity contribution is 7.91. The van der Waals surface area contributed by atoms with E-state index in [2.05, 4.69) is 9.62 Å². The van der Waals surface area contributed by atoms with E-state index in [1.807, 2.05) is 0 Å². The Morgan fingerprint density at radius 3 is 2.55 bits per heavy atom. The molecule has 0 aliphatic carbocycles. The van der Waals surface area contributed by atoms with Gasteiger partial charge in [-0.05, 0) is 36.8 Å². The topological polar surface area (TPSA) is 117 Å². The Kier molecular flexibility index (Phi) is 6.20. The Labute approximate surface area is 182 Å². The SMILES string of the molecule is O=C(c1cccc(S(=O)(=O)NCc2ccco2)c1)N1CCN([C@H]2CCS(=O)(=O)C2)CC1. The molecular formula is C20H25N3O6S2. The fourth-order valence-electron chi connectivity index (χ4n) is 4.00. The molecule has 2 fully saturated rings. The van der Waals surface area contributed by atoms with Crippen LogP contribution in [0.1, 0.15) is 22.5 Å². The van der Waals surface area contributed by atoms with Gasteiger partial charge in [-0.1, -0.05) is 6.07 Å². The van der Waals surface area contributed by atoms with Gasteiger partial charge in [0.05, 0.1) is 29.2 Å². The second-order valence-electron chi connectivity index (χ2n) is 7.82. The van der Waals surface area contributed by atoms with Gasteiger partial charge in [-0.2, -0.15) is 0 Å². The Hall–Kier alpha value is -2.21. The van der Waals surface area contributed by atoms with Gasteiger partial charge in [-0.3, -0.25) is 9.69 Å². The van der Waals surface area contributed by atoms with E-state index in [4.69, 9.17) is 4.42 Å². The van der Waals surface area contributed by atoms with Crippen molar-refractivity contribution >= 4 is 25.8 Å². The molecule has 0 radical (unpaired) electrons. The van der Waals surface area contributed by atoms with Crippen LogP contribution in [0.25, 0.3) is 0 Å². The fraction of sp³-hybridized carbons (Fsp3) is 0.450. The molecule has 1 aromatic carbocycles. The minimum absolute atomic E-state index is 0.0136. The summed E-state index contributed by atoms with van der Waals surface area (Å²) in [4.78, 5) is 16.8. The van der Waals surface area contributed by atoms with Crippen molar-refractivity contribution in [2.45, 2.75) is 23.9 Å². The highest BCUT2D eigenvalue weighted by Crippen LogP contribution is 2.20. The maximum Gasteiger partial charge on any atom is 0.253 e. The highest BCUT2D eigenvalue weighted by Gasteiger charge is 2.34. The lowest BCUT2D eigenvalue weighted by Crippen LogP contribution is -2.52. The van der Waals surface area contributed by atoms with Gasteiger partial charge < -0.3 is 9.32 Å². The van der Waals surface area contributed by atoms with Gasteiger partial charge >= 0.3 is 0 Å². The summed E-state index contributed by atoms with van der Waals surface area (Å²) in [6.07, 6.45) is 2.11. The Balaban J connectivity index is 1.38. The Morgan fingerprint density at radius 1 is 1.13 bits per heavy atom. The first-order chi connectivity index (χ1) is 14.7. The van der Waals surface area contributed by atoms with Crippen LogP contribution < -0.4 is 4.72 Å². The molecular weight excluding hydrogens is 442 g/mol. The number of benzene rings is 1. The van der Waals surface area contributed by atoms with Crippen LogP contribution >= 0.6 is 0 Å². The van der Waals surface area contributed by atoms with Gasteiger partial charge in [0.1, 0.15) is 5.76 Å². The molecule has 2 saturated heterocycles. The third-order valence-electron chi connectivity index (χ3n) is 5.73. The first kappa shape index (κ1) is 22.0. The summed E-state index contributed by atoms with van der Waals surface area (Å²) in [5, 5.41) is 0. The fourth-order valence-corrected chi connectivity index (χ4v) is 6.80. The van der Waals surface area contributed by atoms with E-state index in [1.54, 1.807) is 29.2 Å². The van der Waals surface area contributed by atoms with E-state index in [-0.39, 0.29) is 34.9 Å². The number of hydrogen-bond acceptors (Lipinski definition) is 7. The average Bonchev–Trinajstić information content (AvgIpc) is 3.41. The van der Waals surface area contributed by atoms with Crippen LogP contribution in [0.2, 0.25) is 0 Å². The highest BCUT2D eigenvalue weighted by atomic mass is 32.2. The minimum atomic E-state index is -3.80. The van der Waals surface area contributed by atoms with Gasteiger partial charge in [-0.25, -0.2) is 21.6 Å². The van der Waals surface area contributed by atoms with E-state index in [1.165, 1.54) is 18.4 Å². The summed E-state index contributed by atoms with van der Waals surface area (Å²) in [7, 11) is -6.75. The average molecular weight is 468 g/mol. The van der Waals surface area contributed by atoms with E-state index in [0.29, 0.717) is 43.9 Å². The van der Waals surface area contributed by atoms with Crippen LogP contribution in [0.4, 0.5) is 0 Å². The molecule has 168 valence electrons. The molecule has 0 saturated carbocycles. The predicted molar refractivity (Wildman–Crippen MR) is 114 cm³/mol. The van der Waals surface area contributed by atoms with Crippen molar-refractivity contribution in [2.24, 2.45) is 0 Å². The van der Waals surface area contributed by atoms with Gasteiger partial charge in [0.2, 0.25) is 10.0 Å². The van der Waals surface area contributed by atoms with Crippen molar-refractivity contribution in [3.63, 3.8) is 0 Å². The lowest BCUT2D eigenvalue weighted by atomic mass is 10.1. The molecule has 0 unspecified atom stereocenters. The number of carbonyl (C=O) groups excluding carboxylic acids is 1. The second kappa shape index (κ2) is 8.73. The smallest absolute Gasteiger partial charge is 0.253 e. The van der Waals surface area contributed by atoms with E-state index in [9.17, 15) is 21.6 Å². The van der Waals surface area contributed by atoms with Crippen LogP contribution in [-0.4, -0.2) is 76.3 Å². The molecule has 11 heteroatoms. The quantitative estimate of drug-likeness (QED) is 0.665. The maximum absolute atomic E-state index is 12.9. The lowest BCUT2D eigenvalue weighted by molar-refractivity contribution is 0.0587. The van der Waals surface area contributed by atoms with Crippen LogP contribution in [0, 0.1) is 0 Å². The number of sulfonamides is 1. The van der Waals surface area contributed by atoms with Crippen molar-refractivity contribution in [3.05, 3.63) is 54.0 Å². The molecule has 1 aromatic heterocycles. The third-order valence-corrected chi connectivity index (χ3v) is 8.88. The molecule has 0 spiro atoms. The number of carbonyl (C=O) groups is 1. The summed E-state index contributed by atoms with van der Waals surface area (Å²) in [6, 6.07) is 9.34. The summed E-state index contributed by atoms with van der Waals surface area (Å²) in [6.45, 7) is 2.18. The molecule has 1 atom stereocenters. The van der Waals surface area contributed by atoms with Crippen molar-refractivity contribution in [3.8, 4) is 0 Å². The second-order valence-corrected chi connectivity index (χ2v) is 11.8. The van der Waals surface area contributed by atoms with Gasteiger partial charge in [0.15, 0.2) is 9.84 Å². The number of nitrogens with one attached hydrogen (secondary N) is 1. The Morgan fingerprint density at radius 2 is 1.90 bits per heavy atom. The monoisotopic (exact) mass is 467 g/mol. The van der Waals surface area contributed by atoms with Crippen molar-refractivity contribution < 1.29 is 26.0 Å². The van der Waals surface area contributed by atoms with Gasteiger partial charge in [0, 0.05) is 37.8 Å². The van der Waals surface area contributed by atoms with Crippen LogP contribution in [0.15, 0.2) is 52.0 Å². The Bertz CT molecular complexity index is 1140. The largest absolute Gasteiger partial charge is 0.468 e. The molecule has 2 aliphatic heterocycles. The predicted octanol–water partition coefficient (Wildman–Crippen LogP) is 0.703. The molecule has 2 aromatic rings. The molecule has 3 heterocycles. The summed E-state index contributed by atoms with van der Waals surface area (Å²) in [5.74, 6) is 0.670. The van der Waals surface area contributed by atoms with Gasteiger partial charge in [0.25, 0.3) is 5.91 Å². The van der Waals surface area contributed by atoms with E-state index < -0.39 is 19.9 Å². The van der Waals surface area contributed by atoms with E-state index >= 15 is 0 Å². The molecule has 1 amide bonds. The standard InChI is InChI=1S/C20H25N3O6S2/c24-20(23-9-7-22(8-10-23)17-6-12-30(25,26)15-17)16-3-1-5-19(13-16)31(27,28)21-14-18-4-2-11-29-18/h1-5,11,13,17,21H,6-10,12,14-15H2/t17-/m0/s1. The summed E-state index contributed by atoms with van der Waals surface area (Å²) >= 11 is 0. The van der Waals surface area contributed by atoms with Crippen molar-refractivity contribution in [1.82, 2.24) is 14.5 Å². The number of amides is 1. The lowest BCUT2D eigenvalue weighted by Gasteiger charge is -2.37. The number of sulfone groups is 1. The van der Waals surface area contributed by atoms with Gasteiger partial charge in [-0.15, -0.1) is 0 Å². The van der Waals surface area contributed by atoms with Crippen molar-refractivity contribution in [1.29, 1.82) is 0 Å². The number of furan rings is 1. The van der Waals surface area contributed by atoms with E-state index in [0.717, 1.165) is 0 Å². The molecule has 2 aliphatic rings. The first-order valence-corrected chi connectivity index (χ1v) is 13.4. The summed E-state index contributed by atoms with van der Waals surface area (Å²) in [5.41, 5.74) is 0.303.